The Hall–Kier alpha value is -1.65. The van der Waals surface area contributed by atoms with Gasteiger partial charge < -0.3 is 5.11 Å². The highest BCUT2D eigenvalue weighted by molar-refractivity contribution is 6.18. The molecule has 1 unspecified atom stereocenters. The van der Waals surface area contributed by atoms with Gasteiger partial charge in [-0.05, 0) is 20.3 Å². The van der Waals surface area contributed by atoms with Gasteiger partial charge in [-0.15, -0.1) is 0 Å². The molecule has 1 heterocycles. The first-order chi connectivity index (χ1) is 6.84. The highest BCUT2D eigenvalue weighted by atomic mass is 16.4. The molecule has 0 saturated heterocycles. The Morgan fingerprint density at radius 2 is 2.07 bits per heavy atom. The molecule has 0 spiro atoms. The van der Waals surface area contributed by atoms with Gasteiger partial charge in [0, 0.05) is 11.6 Å². The first-order valence-electron chi connectivity index (χ1n) is 4.64. The van der Waals surface area contributed by atoms with E-state index >= 15 is 0 Å². The van der Waals surface area contributed by atoms with Crippen LogP contribution >= 0.6 is 0 Å². The number of rotatable bonds is 3. The summed E-state index contributed by atoms with van der Waals surface area (Å²) in [4.78, 5) is 34.9. The minimum absolute atomic E-state index is 0.181. The van der Waals surface area contributed by atoms with E-state index in [9.17, 15) is 14.4 Å². The van der Waals surface area contributed by atoms with Crippen LogP contribution in [0.5, 0.6) is 0 Å². The molecule has 2 amide bonds. The van der Waals surface area contributed by atoms with Crippen LogP contribution in [0.1, 0.15) is 27.2 Å². The average molecular weight is 211 g/mol. The summed E-state index contributed by atoms with van der Waals surface area (Å²) in [6.07, 6.45) is 1.35. The molecule has 0 fully saturated rings. The quantitative estimate of drug-likeness (QED) is 0.692. The standard InChI is InChI=1S/C10H13NO4/c1-4-10(3,9(14)15)11-7(12)5-6(2)8(11)13/h5H,4H2,1-3H3,(H,14,15). The number of hydrogen-bond acceptors (Lipinski definition) is 3. The molecule has 0 aromatic carbocycles. The van der Waals surface area contributed by atoms with Gasteiger partial charge in [-0.1, -0.05) is 6.92 Å². The Morgan fingerprint density at radius 1 is 1.53 bits per heavy atom. The zero-order chi connectivity index (χ0) is 11.8. The fourth-order valence-electron chi connectivity index (χ4n) is 1.46. The summed E-state index contributed by atoms with van der Waals surface area (Å²) in [5.74, 6) is -2.24. The molecule has 0 saturated carbocycles. The van der Waals surface area contributed by atoms with Crippen LogP contribution < -0.4 is 0 Å². The number of aliphatic carboxylic acids is 1. The normalized spacial score (nSPS) is 20.2. The van der Waals surface area contributed by atoms with Gasteiger partial charge in [-0.2, -0.15) is 0 Å². The van der Waals surface area contributed by atoms with Crippen LogP contribution in [-0.2, 0) is 14.4 Å². The van der Waals surface area contributed by atoms with E-state index in [4.69, 9.17) is 5.11 Å². The molecule has 1 atom stereocenters. The molecule has 0 bridgehead atoms. The molecule has 1 aliphatic rings. The lowest BCUT2D eigenvalue weighted by Crippen LogP contribution is -2.55. The second-order valence-electron chi connectivity index (χ2n) is 3.74. The largest absolute Gasteiger partial charge is 0.479 e. The first kappa shape index (κ1) is 11.4. The molecule has 5 heteroatoms. The molecular weight excluding hydrogens is 198 g/mol. The molecule has 1 aliphatic heterocycles. The highest BCUT2D eigenvalue weighted by Gasteiger charge is 2.46. The van der Waals surface area contributed by atoms with Crippen LogP contribution in [0.2, 0.25) is 0 Å². The van der Waals surface area contributed by atoms with E-state index in [0.717, 1.165) is 4.90 Å². The Morgan fingerprint density at radius 3 is 2.33 bits per heavy atom. The maximum atomic E-state index is 11.6. The number of carbonyl (C=O) groups is 3. The number of carbonyl (C=O) groups excluding carboxylic acids is 2. The summed E-state index contributed by atoms with van der Waals surface area (Å²) < 4.78 is 0. The maximum absolute atomic E-state index is 11.6. The minimum atomic E-state index is -1.46. The molecule has 0 aliphatic carbocycles. The van der Waals surface area contributed by atoms with Crippen molar-refractivity contribution in [1.29, 1.82) is 0 Å². The van der Waals surface area contributed by atoms with Gasteiger partial charge in [0.2, 0.25) is 0 Å². The van der Waals surface area contributed by atoms with E-state index in [1.807, 2.05) is 0 Å². The number of imide groups is 1. The average Bonchev–Trinajstić information content (AvgIpc) is 2.40. The third-order valence-corrected chi connectivity index (χ3v) is 2.74. The van der Waals surface area contributed by atoms with Crippen LogP contribution in [-0.4, -0.2) is 33.3 Å². The van der Waals surface area contributed by atoms with Gasteiger partial charge >= 0.3 is 5.97 Å². The SMILES string of the molecule is CCC(C)(C(=O)O)N1C(=O)C=C(C)C1=O. The maximum Gasteiger partial charge on any atom is 0.329 e. The van der Waals surface area contributed by atoms with Crippen molar-refractivity contribution in [2.24, 2.45) is 0 Å². The lowest BCUT2D eigenvalue weighted by atomic mass is 9.96. The van der Waals surface area contributed by atoms with Crippen molar-refractivity contribution in [2.75, 3.05) is 0 Å². The molecule has 0 radical (unpaired) electrons. The van der Waals surface area contributed by atoms with E-state index in [2.05, 4.69) is 0 Å². The Labute approximate surface area is 87.4 Å². The number of carboxylic acids is 1. The van der Waals surface area contributed by atoms with Crippen molar-refractivity contribution < 1.29 is 19.5 Å². The molecule has 0 aromatic rings. The Bertz CT molecular complexity index is 372. The monoisotopic (exact) mass is 211 g/mol. The lowest BCUT2D eigenvalue weighted by molar-refractivity contribution is -0.161. The predicted octanol–water partition coefficient (Wildman–Crippen LogP) is 0.555. The van der Waals surface area contributed by atoms with Gasteiger partial charge in [-0.25, -0.2) is 4.79 Å². The molecule has 5 nitrogen and oxygen atoms in total. The summed E-state index contributed by atoms with van der Waals surface area (Å²) in [5, 5.41) is 9.05. The molecular formula is C10H13NO4. The van der Waals surface area contributed by atoms with Gasteiger partial charge in [0.1, 0.15) is 5.54 Å². The van der Waals surface area contributed by atoms with Gasteiger partial charge in [0.05, 0.1) is 0 Å². The fraction of sp³-hybridized carbons (Fsp3) is 0.500. The molecule has 15 heavy (non-hydrogen) atoms. The number of hydrogen-bond donors (Lipinski definition) is 1. The van der Waals surface area contributed by atoms with Gasteiger partial charge in [0.25, 0.3) is 11.8 Å². The third-order valence-electron chi connectivity index (χ3n) is 2.74. The Kier molecular flexibility index (Phi) is 2.66. The van der Waals surface area contributed by atoms with E-state index in [1.54, 1.807) is 6.92 Å². The van der Waals surface area contributed by atoms with Crippen molar-refractivity contribution >= 4 is 17.8 Å². The van der Waals surface area contributed by atoms with Crippen molar-refractivity contribution in [3.63, 3.8) is 0 Å². The van der Waals surface area contributed by atoms with E-state index in [1.165, 1.54) is 19.9 Å². The molecule has 1 rings (SSSR count). The van der Waals surface area contributed by atoms with E-state index < -0.39 is 23.3 Å². The zero-order valence-corrected chi connectivity index (χ0v) is 8.90. The van der Waals surface area contributed by atoms with Crippen LogP contribution in [0.15, 0.2) is 11.6 Å². The van der Waals surface area contributed by atoms with Crippen molar-refractivity contribution in [2.45, 2.75) is 32.7 Å². The molecule has 1 N–H and O–H groups in total. The molecule has 0 aromatic heterocycles. The summed E-state index contributed by atoms with van der Waals surface area (Å²) in [5.41, 5.74) is -1.18. The van der Waals surface area contributed by atoms with Gasteiger partial charge in [-0.3, -0.25) is 14.5 Å². The number of amides is 2. The van der Waals surface area contributed by atoms with E-state index in [0.29, 0.717) is 0 Å². The minimum Gasteiger partial charge on any atom is -0.479 e. The number of nitrogens with zero attached hydrogens (tertiary/aromatic N) is 1. The summed E-state index contributed by atoms with van der Waals surface area (Å²) >= 11 is 0. The van der Waals surface area contributed by atoms with Crippen LogP contribution in [0.4, 0.5) is 0 Å². The topological polar surface area (TPSA) is 74.7 Å². The first-order valence-corrected chi connectivity index (χ1v) is 4.64. The Balaban J connectivity index is 3.14. The second-order valence-corrected chi connectivity index (χ2v) is 3.74. The third kappa shape index (κ3) is 1.54. The smallest absolute Gasteiger partial charge is 0.329 e. The zero-order valence-electron chi connectivity index (χ0n) is 8.90. The predicted molar refractivity (Wildman–Crippen MR) is 51.9 cm³/mol. The van der Waals surface area contributed by atoms with Gasteiger partial charge in [0.15, 0.2) is 0 Å². The fourth-order valence-corrected chi connectivity index (χ4v) is 1.46. The van der Waals surface area contributed by atoms with Crippen LogP contribution in [0, 0.1) is 0 Å². The van der Waals surface area contributed by atoms with Crippen molar-refractivity contribution in [3.05, 3.63) is 11.6 Å². The highest BCUT2D eigenvalue weighted by Crippen LogP contribution is 2.26. The van der Waals surface area contributed by atoms with Crippen LogP contribution in [0.3, 0.4) is 0 Å². The summed E-state index contributed by atoms with van der Waals surface area (Å²) in [6, 6.07) is 0. The van der Waals surface area contributed by atoms with Crippen molar-refractivity contribution in [1.82, 2.24) is 4.90 Å². The van der Waals surface area contributed by atoms with Crippen molar-refractivity contribution in [3.8, 4) is 0 Å². The second kappa shape index (κ2) is 3.49. The van der Waals surface area contributed by atoms with Crippen LogP contribution in [0.25, 0.3) is 0 Å². The molecule has 82 valence electrons. The lowest BCUT2D eigenvalue weighted by Gasteiger charge is -2.32. The number of carboxylic acid groups (broad SMARTS) is 1. The summed E-state index contributed by atoms with van der Waals surface area (Å²) in [6.45, 7) is 4.50. The summed E-state index contributed by atoms with van der Waals surface area (Å²) in [7, 11) is 0. The van der Waals surface area contributed by atoms with E-state index in [-0.39, 0.29) is 12.0 Å².